The van der Waals surface area contributed by atoms with Crippen molar-refractivity contribution in [3.8, 4) is 39.1 Å². The van der Waals surface area contributed by atoms with Crippen LogP contribution in [0.15, 0.2) is 187 Å². The van der Waals surface area contributed by atoms with Gasteiger partial charge in [-0.25, -0.2) is 9.98 Å². The van der Waals surface area contributed by atoms with Gasteiger partial charge in [0.2, 0.25) is 0 Å². The van der Waals surface area contributed by atoms with E-state index in [0.29, 0.717) is 0 Å². The Morgan fingerprint density at radius 3 is 1.89 bits per heavy atom. The molecule has 8 aromatic rings. The molecule has 256 valence electrons. The lowest BCUT2D eigenvalue weighted by atomic mass is 9.91. The first-order chi connectivity index (χ1) is 26.2. The summed E-state index contributed by atoms with van der Waals surface area (Å²) in [6, 6.07) is 64.4. The largest absolute Gasteiger partial charge is 0.350 e. The summed E-state index contributed by atoms with van der Waals surface area (Å²) in [6.45, 7) is 2.16. The van der Waals surface area contributed by atoms with E-state index in [0.717, 1.165) is 57.1 Å². The van der Waals surface area contributed by atoms with E-state index in [1.807, 2.05) is 18.2 Å². The Labute approximate surface area is 310 Å². The molecule has 0 radical (unpaired) electrons. The van der Waals surface area contributed by atoms with Gasteiger partial charge in [0.1, 0.15) is 24.0 Å². The molecule has 0 spiro atoms. The molecule has 7 aromatic carbocycles. The van der Waals surface area contributed by atoms with Crippen molar-refractivity contribution in [2.75, 3.05) is 0 Å². The second kappa shape index (κ2) is 14.2. The third-order valence-corrected chi connectivity index (χ3v) is 10.1. The highest BCUT2D eigenvalue weighted by atomic mass is 15.3. The maximum absolute atomic E-state index is 5.09. The Balaban J connectivity index is 1.03. The summed E-state index contributed by atoms with van der Waals surface area (Å²) in [4.78, 5) is 9.97. The highest BCUT2D eigenvalue weighted by molar-refractivity contribution is 5.99. The molecule has 0 saturated heterocycles. The van der Waals surface area contributed by atoms with Crippen LogP contribution < -0.4 is 10.6 Å². The number of aliphatic imine (C=N–C) groups is 1. The maximum Gasteiger partial charge on any atom is 0.131 e. The number of hydrogen-bond donors (Lipinski definition) is 2. The Hall–Kier alpha value is -6.56. The Morgan fingerprint density at radius 1 is 0.528 bits per heavy atom. The van der Waals surface area contributed by atoms with Crippen molar-refractivity contribution < 1.29 is 0 Å². The molecule has 0 amide bonds. The van der Waals surface area contributed by atoms with Crippen molar-refractivity contribution in [1.29, 1.82) is 0 Å². The van der Waals surface area contributed by atoms with Crippen LogP contribution in [0, 0.1) is 0 Å². The van der Waals surface area contributed by atoms with Gasteiger partial charge in [-0.2, -0.15) is 0 Å². The topological polar surface area (TPSA) is 54.2 Å². The van der Waals surface area contributed by atoms with E-state index >= 15 is 0 Å². The first-order valence-corrected chi connectivity index (χ1v) is 18.3. The van der Waals surface area contributed by atoms with Gasteiger partial charge in [-0.15, -0.1) is 0 Å². The Bertz CT molecular complexity index is 2550. The number of fused-ring (bicyclic) bond motifs is 1. The average Bonchev–Trinajstić information content (AvgIpc) is 3.63. The second-order valence-corrected chi connectivity index (χ2v) is 13.4. The van der Waals surface area contributed by atoms with Crippen LogP contribution in [0.1, 0.15) is 41.8 Å². The number of nitrogens with one attached hydrogen (secondary N) is 2. The van der Waals surface area contributed by atoms with Crippen LogP contribution in [0.4, 0.5) is 0 Å². The summed E-state index contributed by atoms with van der Waals surface area (Å²) in [5.41, 5.74) is 13.7. The van der Waals surface area contributed by atoms with Crippen molar-refractivity contribution in [3.63, 3.8) is 0 Å². The normalized spacial score (nSPS) is 15.5. The van der Waals surface area contributed by atoms with Crippen LogP contribution >= 0.6 is 0 Å². The van der Waals surface area contributed by atoms with Gasteiger partial charge in [0.15, 0.2) is 0 Å². The van der Waals surface area contributed by atoms with Crippen molar-refractivity contribution in [1.82, 2.24) is 20.2 Å². The quantitative estimate of drug-likeness (QED) is 0.167. The molecule has 0 bridgehead atoms. The monoisotopic (exact) mass is 685 g/mol. The van der Waals surface area contributed by atoms with Crippen LogP contribution in [0.25, 0.3) is 50.1 Å². The lowest BCUT2D eigenvalue weighted by Crippen LogP contribution is -2.44. The predicted octanol–water partition coefficient (Wildman–Crippen LogP) is 10.9. The molecule has 0 fully saturated rings. The minimum Gasteiger partial charge on any atom is -0.350 e. The first-order valence-electron chi connectivity index (χ1n) is 18.3. The highest BCUT2D eigenvalue weighted by Crippen LogP contribution is 2.36. The SMILES string of the molecule is CCc1nc2ccccc2n1-c1ccc(-c2cccc(-c3ccccc3-c3cccc(C4NC(c5ccccc5)=NC(c5ccccc5)N4)c3)c2)cc1. The van der Waals surface area contributed by atoms with E-state index in [4.69, 9.17) is 9.98 Å². The smallest absolute Gasteiger partial charge is 0.131 e. The van der Waals surface area contributed by atoms with Crippen molar-refractivity contribution in [2.24, 2.45) is 4.99 Å². The van der Waals surface area contributed by atoms with E-state index in [9.17, 15) is 0 Å². The van der Waals surface area contributed by atoms with Crippen LogP contribution in [-0.4, -0.2) is 15.4 Å². The number of hydrogen-bond acceptors (Lipinski definition) is 4. The average molecular weight is 686 g/mol. The van der Waals surface area contributed by atoms with Crippen molar-refractivity contribution >= 4 is 16.9 Å². The van der Waals surface area contributed by atoms with Gasteiger partial charge in [0.25, 0.3) is 0 Å². The molecule has 5 nitrogen and oxygen atoms in total. The molecule has 2 atom stereocenters. The molecule has 2 unspecified atom stereocenters. The van der Waals surface area contributed by atoms with Gasteiger partial charge in [-0.3, -0.25) is 9.88 Å². The predicted molar refractivity (Wildman–Crippen MR) is 218 cm³/mol. The number of nitrogens with zero attached hydrogens (tertiary/aromatic N) is 3. The van der Waals surface area contributed by atoms with Crippen molar-refractivity contribution in [3.05, 3.63) is 205 Å². The fourth-order valence-corrected chi connectivity index (χ4v) is 7.42. The number of rotatable bonds is 8. The van der Waals surface area contributed by atoms with E-state index in [2.05, 4.69) is 186 Å². The highest BCUT2D eigenvalue weighted by Gasteiger charge is 2.25. The van der Waals surface area contributed by atoms with Crippen molar-refractivity contribution in [2.45, 2.75) is 25.7 Å². The molecule has 53 heavy (non-hydrogen) atoms. The van der Waals surface area contributed by atoms with Gasteiger partial charge in [-0.05, 0) is 80.9 Å². The summed E-state index contributed by atoms with van der Waals surface area (Å²) in [7, 11) is 0. The summed E-state index contributed by atoms with van der Waals surface area (Å²) >= 11 is 0. The lowest BCUT2D eigenvalue weighted by molar-refractivity contribution is 0.409. The number of aryl methyl sites for hydroxylation is 1. The van der Waals surface area contributed by atoms with Crippen LogP contribution in [0.2, 0.25) is 0 Å². The van der Waals surface area contributed by atoms with Gasteiger partial charge < -0.3 is 5.32 Å². The molecule has 1 aromatic heterocycles. The minimum absolute atomic E-state index is 0.139. The van der Waals surface area contributed by atoms with Crippen LogP contribution in [0.3, 0.4) is 0 Å². The Kier molecular flexibility index (Phi) is 8.68. The molecule has 9 rings (SSSR count). The van der Waals surface area contributed by atoms with Gasteiger partial charge in [0.05, 0.1) is 11.0 Å². The fraction of sp³-hybridized carbons (Fsp3) is 0.0833. The number of amidine groups is 1. The molecular formula is C48H39N5. The zero-order chi connectivity index (χ0) is 35.6. The molecule has 2 N–H and O–H groups in total. The van der Waals surface area contributed by atoms with Gasteiger partial charge >= 0.3 is 0 Å². The molecule has 0 saturated carbocycles. The summed E-state index contributed by atoms with van der Waals surface area (Å²) < 4.78 is 2.27. The second-order valence-electron chi connectivity index (χ2n) is 13.4. The fourth-order valence-electron chi connectivity index (χ4n) is 7.42. The van der Waals surface area contributed by atoms with Gasteiger partial charge in [-0.1, -0.05) is 153 Å². The number of imidazole rings is 1. The zero-order valence-corrected chi connectivity index (χ0v) is 29.5. The molecule has 0 aliphatic carbocycles. The third kappa shape index (κ3) is 6.43. The number of aromatic nitrogens is 2. The molecule has 1 aliphatic heterocycles. The molecule has 2 heterocycles. The third-order valence-electron chi connectivity index (χ3n) is 10.1. The van der Waals surface area contributed by atoms with E-state index in [1.54, 1.807) is 0 Å². The Morgan fingerprint density at radius 2 is 1.13 bits per heavy atom. The number of para-hydroxylation sites is 2. The maximum atomic E-state index is 5.09. The van der Waals surface area contributed by atoms with E-state index < -0.39 is 0 Å². The van der Waals surface area contributed by atoms with E-state index in [1.165, 1.54) is 27.8 Å². The lowest BCUT2D eigenvalue weighted by Gasteiger charge is -2.32. The standard InChI is InChI=1S/C48H39N5/c1-2-45-49-43-25-11-12-26-44(43)53(45)40-29-27-33(28-30-40)36-19-13-20-37(31-36)41-23-9-10-24-42(41)38-21-14-22-39(32-38)48-51-46(34-15-5-3-6-16-34)50-47(52-48)35-17-7-4-8-18-35/h3-32,46,48,51H,2H2,1H3,(H,50,52). The zero-order valence-electron chi connectivity index (χ0n) is 29.5. The summed E-state index contributed by atoms with van der Waals surface area (Å²) in [5, 5.41) is 7.46. The first kappa shape index (κ1) is 32.4. The van der Waals surface area contributed by atoms with Gasteiger partial charge in [0, 0.05) is 17.7 Å². The summed E-state index contributed by atoms with van der Waals surface area (Å²) in [5.74, 6) is 1.94. The van der Waals surface area contributed by atoms with Crippen LogP contribution in [0.5, 0.6) is 0 Å². The van der Waals surface area contributed by atoms with E-state index in [-0.39, 0.29) is 12.3 Å². The minimum atomic E-state index is -0.182. The molecular weight excluding hydrogens is 647 g/mol. The summed E-state index contributed by atoms with van der Waals surface area (Å²) in [6.07, 6.45) is 0.546. The molecule has 1 aliphatic rings. The number of benzene rings is 7. The molecule has 5 heteroatoms. The van der Waals surface area contributed by atoms with Crippen LogP contribution in [-0.2, 0) is 6.42 Å².